The van der Waals surface area contributed by atoms with Gasteiger partial charge in [-0.05, 0) is 19.9 Å². The number of Topliss-reactive ketones (excluding diaryl/α,β-unsaturated/α-hetero) is 1. The van der Waals surface area contributed by atoms with Crippen molar-refractivity contribution in [3.8, 4) is 0 Å². The van der Waals surface area contributed by atoms with E-state index < -0.39 is 12.1 Å². The summed E-state index contributed by atoms with van der Waals surface area (Å²) in [6, 6.07) is 7.54. The van der Waals surface area contributed by atoms with Gasteiger partial charge in [0.05, 0.1) is 6.42 Å². The maximum absolute atomic E-state index is 12.7. The van der Waals surface area contributed by atoms with Gasteiger partial charge in [-0.2, -0.15) is 0 Å². The van der Waals surface area contributed by atoms with E-state index in [4.69, 9.17) is 4.74 Å². The van der Waals surface area contributed by atoms with Gasteiger partial charge in [-0.25, -0.2) is 0 Å². The van der Waals surface area contributed by atoms with Crippen molar-refractivity contribution in [2.75, 3.05) is 18.8 Å². The molecule has 0 unspecified atom stereocenters. The monoisotopic (exact) mass is 360 g/mol. The van der Waals surface area contributed by atoms with Gasteiger partial charge in [-0.3, -0.25) is 14.4 Å². The lowest BCUT2D eigenvalue weighted by Gasteiger charge is -2.16. The minimum atomic E-state index is -0.867. The van der Waals surface area contributed by atoms with E-state index in [1.165, 1.54) is 11.8 Å². The second-order valence-corrected chi connectivity index (χ2v) is 7.06. The highest BCUT2D eigenvalue weighted by molar-refractivity contribution is 8.13. The van der Waals surface area contributed by atoms with Crippen molar-refractivity contribution in [3.05, 3.63) is 35.5 Å². The summed E-state index contributed by atoms with van der Waals surface area (Å²) in [5.74, 6) is 0.0574. The number of carbonyl (C=O) groups is 3. The predicted molar refractivity (Wildman–Crippen MR) is 97.0 cm³/mol. The van der Waals surface area contributed by atoms with Crippen LogP contribution in [-0.2, 0) is 9.53 Å². The summed E-state index contributed by atoms with van der Waals surface area (Å²) in [6.07, 6.45) is -0.773. The third-order valence-corrected chi connectivity index (χ3v) is 5.14. The number of nitrogens with one attached hydrogen (secondary N) is 1. The van der Waals surface area contributed by atoms with Crippen molar-refractivity contribution < 1.29 is 19.1 Å². The Labute approximate surface area is 149 Å². The highest BCUT2D eigenvalue weighted by atomic mass is 32.2. The van der Waals surface area contributed by atoms with Crippen LogP contribution >= 0.6 is 11.8 Å². The third-order valence-electron chi connectivity index (χ3n) is 4.25. The van der Waals surface area contributed by atoms with Crippen LogP contribution in [0.4, 0.5) is 4.79 Å². The van der Waals surface area contributed by atoms with E-state index in [9.17, 15) is 14.4 Å². The highest BCUT2D eigenvalue weighted by Crippen LogP contribution is 2.24. The Bertz CT molecular complexity index is 830. The lowest BCUT2D eigenvalue weighted by Crippen LogP contribution is -2.29. The molecule has 0 bridgehead atoms. The lowest BCUT2D eigenvalue weighted by molar-refractivity contribution is -0.146. The Balaban J connectivity index is 1.63. The van der Waals surface area contributed by atoms with Crippen molar-refractivity contribution >= 4 is 39.7 Å². The van der Waals surface area contributed by atoms with Crippen LogP contribution in [0.2, 0.25) is 0 Å². The van der Waals surface area contributed by atoms with Crippen LogP contribution in [0.5, 0.6) is 0 Å². The van der Waals surface area contributed by atoms with E-state index in [-0.39, 0.29) is 17.4 Å². The summed E-state index contributed by atoms with van der Waals surface area (Å²) in [5, 5.41) is 0.818. The van der Waals surface area contributed by atoms with Crippen LogP contribution < -0.4 is 0 Å². The van der Waals surface area contributed by atoms with Crippen molar-refractivity contribution in [2.45, 2.75) is 26.4 Å². The number of ketones is 1. The number of aromatic nitrogens is 1. The molecule has 1 aliphatic rings. The Hall–Kier alpha value is -2.28. The number of benzene rings is 1. The quantitative estimate of drug-likeness (QED) is 0.632. The van der Waals surface area contributed by atoms with Gasteiger partial charge in [0.25, 0.3) is 5.24 Å². The zero-order valence-corrected chi connectivity index (χ0v) is 15.0. The largest absolute Gasteiger partial charge is 0.454 e. The molecule has 1 atom stereocenters. The first-order chi connectivity index (χ1) is 12.0. The van der Waals surface area contributed by atoms with Crippen molar-refractivity contribution in [1.29, 1.82) is 0 Å². The number of H-pyrrole nitrogens is 1. The Kier molecular flexibility index (Phi) is 5.13. The average molecular weight is 360 g/mol. The number of aryl methyl sites for hydroxylation is 1. The van der Waals surface area contributed by atoms with E-state index >= 15 is 0 Å². The first-order valence-electron chi connectivity index (χ1n) is 8.20. The molecule has 1 aliphatic heterocycles. The predicted octanol–water partition coefficient (Wildman–Crippen LogP) is 3.15. The number of esters is 1. The standard InChI is InChI=1S/C18H20N2O4S/c1-11-16(13-5-3-4-6-14(13)19-11)17(22)12(2)24-15(21)7-8-20-9-10-25-18(20)23/h3-6,12,19H,7-10H2,1-2H3/t12-/m0/s1. The van der Waals surface area contributed by atoms with Gasteiger partial charge in [0.1, 0.15) is 0 Å². The molecule has 132 valence electrons. The van der Waals surface area contributed by atoms with Crippen LogP contribution in [0.1, 0.15) is 29.4 Å². The summed E-state index contributed by atoms with van der Waals surface area (Å²) < 4.78 is 5.29. The van der Waals surface area contributed by atoms with Crippen LogP contribution in [0.3, 0.4) is 0 Å². The summed E-state index contributed by atoms with van der Waals surface area (Å²) >= 11 is 1.25. The maximum Gasteiger partial charge on any atom is 0.308 e. The van der Waals surface area contributed by atoms with E-state index in [0.717, 1.165) is 22.3 Å². The second-order valence-electron chi connectivity index (χ2n) is 6.02. The number of carbonyl (C=O) groups excluding carboxylic acids is 3. The van der Waals surface area contributed by atoms with Crippen LogP contribution in [0.25, 0.3) is 10.9 Å². The fourth-order valence-electron chi connectivity index (χ4n) is 2.96. The summed E-state index contributed by atoms with van der Waals surface area (Å²) in [6.45, 7) is 4.40. The number of amides is 1. The normalized spacial score (nSPS) is 15.6. The molecule has 0 saturated carbocycles. The highest BCUT2D eigenvalue weighted by Gasteiger charge is 2.26. The Morgan fingerprint density at radius 3 is 2.84 bits per heavy atom. The number of fused-ring (bicyclic) bond motifs is 1. The maximum atomic E-state index is 12.7. The number of hydrogen-bond acceptors (Lipinski definition) is 5. The molecule has 25 heavy (non-hydrogen) atoms. The van der Waals surface area contributed by atoms with Gasteiger partial charge in [0.15, 0.2) is 6.10 Å². The second kappa shape index (κ2) is 7.31. The molecule has 1 aromatic carbocycles. The molecule has 2 aromatic rings. The number of ether oxygens (including phenoxy) is 1. The molecule has 0 spiro atoms. The molecular weight excluding hydrogens is 340 g/mol. The zero-order valence-electron chi connectivity index (χ0n) is 14.2. The molecule has 0 aliphatic carbocycles. The van der Waals surface area contributed by atoms with Gasteiger partial charge in [-0.1, -0.05) is 30.0 Å². The van der Waals surface area contributed by atoms with Crippen molar-refractivity contribution in [1.82, 2.24) is 9.88 Å². The minimum Gasteiger partial charge on any atom is -0.454 e. The van der Waals surface area contributed by atoms with Crippen LogP contribution in [0, 0.1) is 6.92 Å². The van der Waals surface area contributed by atoms with Gasteiger partial charge < -0.3 is 14.6 Å². The Morgan fingerprint density at radius 1 is 1.36 bits per heavy atom. The van der Waals surface area contributed by atoms with Gasteiger partial charge >= 0.3 is 5.97 Å². The fourth-order valence-corrected chi connectivity index (χ4v) is 3.81. The summed E-state index contributed by atoms with van der Waals surface area (Å²) in [4.78, 5) is 41.1. The summed E-state index contributed by atoms with van der Waals surface area (Å²) in [7, 11) is 0. The number of hydrogen-bond donors (Lipinski definition) is 1. The molecule has 7 heteroatoms. The number of thioether (sulfide) groups is 1. The van der Waals surface area contributed by atoms with Crippen molar-refractivity contribution in [2.24, 2.45) is 0 Å². The van der Waals surface area contributed by atoms with Crippen LogP contribution in [0.15, 0.2) is 24.3 Å². The molecule has 6 nitrogen and oxygen atoms in total. The van der Waals surface area contributed by atoms with E-state index in [1.54, 1.807) is 11.8 Å². The first-order valence-corrected chi connectivity index (χ1v) is 9.18. The zero-order chi connectivity index (χ0) is 18.0. The smallest absolute Gasteiger partial charge is 0.308 e. The SMILES string of the molecule is Cc1[nH]c2ccccc2c1C(=O)[C@H](C)OC(=O)CCN1CCSC1=O. The molecule has 1 aromatic heterocycles. The van der Waals surface area contributed by atoms with E-state index in [1.807, 2.05) is 31.2 Å². The molecule has 1 N–H and O–H groups in total. The Morgan fingerprint density at radius 2 is 2.12 bits per heavy atom. The topological polar surface area (TPSA) is 79.5 Å². The molecule has 3 rings (SSSR count). The lowest BCUT2D eigenvalue weighted by atomic mass is 10.0. The van der Waals surface area contributed by atoms with Crippen molar-refractivity contribution in [3.63, 3.8) is 0 Å². The third kappa shape index (κ3) is 3.71. The fraction of sp³-hybridized carbons (Fsp3) is 0.389. The molecular formula is C18H20N2O4S. The first kappa shape index (κ1) is 17.5. The average Bonchev–Trinajstić information content (AvgIpc) is 3.14. The molecule has 1 saturated heterocycles. The van der Waals surface area contributed by atoms with Crippen LogP contribution in [-0.4, -0.2) is 51.8 Å². The number of aromatic amines is 1. The molecule has 1 amide bonds. The molecule has 2 heterocycles. The minimum absolute atomic E-state index is 0.00802. The number of para-hydroxylation sites is 1. The summed E-state index contributed by atoms with van der Waals surface area (Å²) in [5.41, 5.74) is 2.20. The van der Waals surface area contributed by atoms with Gasteiger partial charge in [0, 0.05) is 41.0 Å². The van der Waals surface area contributed by atoms with Gasteiger partial charge in [0.2, 0.25) is 5.78 Å². The van der Waals surface area contributed by atoms with E-state index in [2.05, 4.69) is 4.98 Å². The number of nitrogens with zero attached hydrogens (tertiary/aromatic N) is 1. The molecule has 0 radical (unpaired) electrons. The van der Waals surface area contributed by atoms with E-state index in [0.29, 0.717) is 18.7 Å². The number of rotatable bonds is 6. The van der Waals surface area contributed by atoms with Gasteiger partial charge in [-0.15, -0.1) is 0 Å². The molecule has 1 fully saturated rings.